The van der Waals surface area contributed by atoms with Crippen molar-refractivity contribution in [1.29, 1.82) is 0 Å². The van der Waals surface area contributed by atoms with E-state index in [1.54, 1.807) is 12.1 Å². The van der Waals surface area contributed by atoms with E-state index in [0.29, 0.717) is 50.4 Å². The molecular formula is C21H24F2O4. The summed E-state index contributed by atoms with van der Waals surface area (Å²) >= 11 is 0. The quantitative estimate of drug-likeness (QED) is 0.760. The molecule has 0 spiro atoms. The number of fused-ring (bicyclic) bond motifs is 2. The summed E-state index contributed by atoms with van der Waals surface area (Å²) in [7, 11) is 0. The maximum absolute atomic E-state index is 13.5. The van der Waals surface area contributed by atoms with Crippen LogP contribution in [-0.4, -0.2) is 37.6 Å². The van der Waals surface area contributed by atoms with Gasteiger partial charge in [0.05, 0.1) is 19.3 Å². The third-order valence-electron chi connectivity index (χ3n) is 4.52. The molecule has 4 nitrogen and oxygen atoms in total. The Balaban J connectivity index is 1.72. The van der Waals surface area contributed by atoms with Crippen molar-refractivity contribution >= 4 is 0 Å². The summed E-state index contributed by atoms with van der Waals surface area (Å²) in [6.07, 6.45) is 1.66. The van der Waals surface area contributed by atoms with Crippen LogP contribution >= 0.6 is 0 Å². The van der Waals surface area contributed by atoms with Crippen molar-refractivity contribution < 1.29 is 28.1 Å². The zero-order valence-corrected chi connectivity index (χ0v) is 15.1. The molecule has 0 saturated heterocycles. The molecule has 0 radical (unpaired) electrons. The Hall–Kier alpha value is -2.18. The second-order valence-electron chi connectivity index (χ2n) is 6.54. The third-order valence-corrected chi connectivity index (χ3v) is 4.52. The van der Waals surface area contributed by atoms with E-state index in [2.05, 4.69) is 0 Å². The van der Waals surface area contributed by atoms with Gasteiger partial charge in [0.25, 0.3) is 0 Å². The molecular weight excluding hydrogens is 354 g/mol. The van der Waals surface area contributed by atoms with Crippen LogP contribution < -0.4 is 9.47 Å². The Morgan fingerprint density at radius 2 is 1.22 bits per heavy atom. The Kier molecular flexibility index (Phi) is 7.01. The fourth-order valence-corrected chi connectivity index (χ4v) is 3.05. The molecule has 0 aromatic heterocycles. The van der Waals surface area contributed by atoms with Gasteiger partial charge in [0.15, 0.2) is 0 Å². The topological polar surface area (TPSA) is 47.9 Å². The summed E-state index contributed by atoms with van der Waals surface area (Å²) < 4.78 is 43.8. The monoisotopic (exact) mass is 378 g/mol. The zero-order valence-electron chi connectivity index (χ0n) is 15.1. The lowest BCUT2D eigenvalue weighted by atomic mass is 10.00. The maximum atomic E-state index is 13.5. The Labute approximate surface area is 157 Å². The van der Waals surface area contributed by atoms with Gasteiger partial charge in [0.2, 0.25) is 0 Å². The average Bonchev–Trinajstić information content (AvgIpc) is 2.65. The molecule has 1 heterocycles. The van der Waals surface area contributed by atoms with Gasteiger partial charge in [-0.15, -0.1) is 0 Å². The summed E-state index contributed by atoms with van der Waals surface area (Å²) in [6.45, 7) is 1.23. The molecule has 146 valence electrons. The Morgan fingerprint density at radius 1 is 0.741 bits per heavy atom. The number of ether oxygens (including phenoxy) is 3. The first-order chi connectivity index (χ1) is 13.1. The molecule has 2 aromatic rings. The SMILES string of the molecule is OC1CCc2ccc(F)cc2OCCOCCOc2cc(F)ccc2CC1. The van der Waals surface area contributed by atoms with Gasteiger partial charge in [0.1, 0.15) is 36.3 Å². The Bertz CT molecular complexity index is 689. The maximum Gasteiger partial charge on any atom is 0.126 e. The van der Waals surface area contributed by atoms with Crippen LogP contribution in [0.15, 0.2) is 36.4 Å². The van der Waals surface area contributed by atoms with Crippen molar-refractivity contribution in [2.24, 2.45) is 0 Å². The summed E-state index contributed by atoms with van der Waals surface area (Å²) in [5.74, 6) is 0.244. The predicted octanol–water partition coefficient (Wildman–Crippen LogP) is 3.68. The van der Waals surface area contributed by atoms with E-state index >= 15 is 0 Å². The van der Waals surface area contributed by atoms with Crippen molar-refractivity contribution in [3.63, 3.8) is 0 Å². The van der Waals surface area contributed by atoms with Crippen molar-refractivity contribution in [3.05, 3.63) is 59.2 Å². The van der Waals surface area contributed by atoms with Gasteiger partial charge in [-0.1, -0.05) is 12.1 Å². The fraction of sp³-hybridized carbons (Fsp3) is 0.429. The lowest BCUT2D eigenvalue weighted by molar-refractivity contribution is 0.0754. The van der Waals surface area contributed by atoms with Crippen LogP contribution in [0.5, 0.6) is 11.5 Å². The van der Waals surface area contributed by atoms with E-state index in [0.717, 1.165) is 11.1 Å². The van der Waals surface area contributed by atoms with Crippen LogP contribution in [0.3, 0.4) is 0 Å². The molecule has 0 aliphatic carbocycles. The number of hydrogen-bond acceptors (Lipinski definition) is 4. The summed E-state index contributed by atoms with van der Waals surface area (Å²) in [5.41, 5.74) is 1.71. The lowest BCUT2D eigenvalue weighted by Gasteiger charge is -2.17. The van der Waals surface area contributed by atoms with Gasteiger partial charge in [-0.3, -0.25) is 0 Å². The van der Waals surface area contributed by atoms with Crippen LogP contribution in [0, 0.1) is 11.6 Å². The number of halogens is 2. The summed E-state index contributed by atoms with van der Waals surface area (Å²) in [4.78, 5) is 0. The zero-order chi connectivity index (χ0) is 19.1. The van der Waals surface area contributed by atoms with Gasteiger partial charge in [-0.05, 0) is 48.9 Å². The van der Waals surface area contributed by atoms with Crippen molar-refractivity contribution in [3.8, 4) is 11.5 Å². The second-order valence-corrected chi connectivity index (χ2v) is 6.54. The Morgan fingerprint density at radius 3 is 1.70 bits per heavy atom. The standard InChI is InChI=1S/C21H24F2O4/c22-17-5-1-15-3-7-19(24)8-4-16-2-6-18(23)14-21(16)27-12-10-25-9-11-26-20(15)13-17/h1-2,5-6,13-14,19,24H,3-4,7-12H2. The largest absolute Gasteiger partial charge is 0.491 e. The van der Waals surface area contributed by atoms with Crippen molar-refractivity contribution in [2.45, 2.75) is 31.8 Å². The van der Waals surface area contributed by atoms with Gasteiger partial charge in [-0.25, -0.2) is 8.78 Å². The van der Waals surface area contributed by atoms with Gasteiger partial charge in [0, 0.05) is 12.1 Å². The average molecular weight is 378 g/mol. The molecule has 6 heteroatoms. The normalized spacial score (nSPS) is 17.3. The number of rotatable bonds is 0. The van der Waals surface area contributed by atoms with Crippen LogP contribution in [0.25, 0.3) is 0 Å². The summed E-state index contributed by atoms with van der Waals surface area (Å²) in [6, 6.07) is 8.88. The molecule has 1 N–H and O–H groups in total. The molecule has 0 amide bonds. The summed E-state index contributed by atoms with van der Waals surface area (Å²) in [5, 5.41) is 10.3. The molecule has 3 rings (SSSR count). The van der Waals surface area contributed by atoms with Crippen LogP contribution in [0.2, 0.25) is 0 Å². The highest BCUT2D eigenvalue weighted by Gasteiger charge is 2.13. The fourth-order valence-electron chi connectivity index (χ4n) is 3.05. The first kappa shape index (κ1) is 19.6. The van der Waals surface area contributed by atoms with Gasteiger partial charge < -0.3 is 19.3 Å². The molecule has 2 aromatic carbocycles. The van der Waals surface area contributed by atoms with E-state index in [4.69, 9.17) is 14.2 Å². The molecule has 0 bridgehead atoms. The lowest BCUT2D eigenvalue weighted by Crippen LogP contribution is -2.15. The molecule has 0 unspecified atom stereocenters. The number of aryl methyl sites for hydroxylation is 2. The van der Waals surface area contributed by atoms with Crippen LogP contribution in [-0.2, 0) is 17.6 Å². The number of aliphatic hydroxyl groups excluding tert-OH is 1. The second kappa shape index (κ2) is 9.67. The first-order valence-electron chi connectivity index (χ1n) is 9.20. The first-order valence-corrected chi connectivity index (χ1v) is 9.20. The van der Waals surface area contributed by atoms with Gasteiger partial charge in [-0.2, -0.15) is 0 Å². The smallest absolute Gasteiger partial charge is 0.126 e. The highest BCUT2D eigenvalue weighted by Crippen LogP contribution is 2.25. The minimum absolute atomic E-state index is 0.282. The molecule has 27 heavy (non-hydrogen) atoms. The van der Waals surface area contributed by atoms with Crippen LogP contribution in [0.1, 0.15) is 24.0 Å². The number of hydrogen-bond donors (Lipinski definition) is 1. The molecule has 1 aliphatic rings. The third kappa shape index (κ3) is 5.91. The van der Waals surface area contributed by atoms with Crippen molar-refractivity contribution in [1.82, 2.24) is 0 Å². The van der Waals surface area contributed by atoms with E-state index in [1.165, 1.54) is 24.3 Å². The van der Waals surface area contributed by atoms with Gasteiger partial charge >= 0.3 is 0 Å². The molecule has 0 saturated carbocycles. The molecule has 1 aliphatic heterocycles. The van der Waals surface area contributed by atoms with Crippen molar-refractivity contribution in [2.75, 3.05) is 26.4 Å². The van der Waals surface area contributed by atoms with E-state index in [-0.39, 0.29) is 24.8 Å². The highest BCUT2D eigenvalue weighted by molar-refractivity contribution is 5.35. The van der Waals surface area contributed by atoms with E-state index in [9.17, 15) is 13.9 Å². The molecule has 0 atom stereocenters. The number of aliphatic hydroxyl groups is 1. The van der Waals surface area contributed by atoms with E-state index in [1.807, 2.05) is 0 Å². The minimum Gasteiger partial charge on any atom is -0.491 e. The van der Waals surface area contributed by atoms with E-state index < -0.39 is 6.10 Å². The predicted molar refractivity (Wildman–Crippen MR) is 97.3 cm³/mol. The highest BCUT2D eigenvalue weighted by atomic mass is 19.1. The molecule has 0 fully saturated rings. The van der Waals surface area contributed by atoms with Crippen LogP contribution in [0.4, 0.5) is 8.78 Å². The number of benzene rings is 2. The minimum atomic E-state index is -0.531.